The van der Waals surface area contributed by atoms with Crippen LogP contribution >= 0.6 is 0 Å². The van der Waals surface area contributed by atoms with Crippen LogP contribution in [0.1, 0.15) is 58.3 Å². The Morgan fingerprint density at radius 2 is 1.95 bits per heavy atom. The average Bonchev–Trinajstić information content (AvgIpc) is 3.15. The lowest BCUT2D eigenvalue weighted by Crippen LogP contribution is -2.50. The zero-order valence-electron chi connectivity index (χ0n) is 12.2. The molecule has 2 saturated carbocycles. The van der Waals surface area contributed by atoms with E-state index in [0.29, 0.717) is 5.92 Å². The van der Waals surface area contributed by atoms with Crippen LogP contribution in [-0.2, 0) is 4.79 Å². The van der Waals surface area contributed by atoms with E-state index in [4.69, 9.17) is 0 Å². The molecule has 0 aromatic carbocycles. The Balaban J connectivity index is 1.79. The van der Waals surface area contributed by atoms with E-state index < -0.39 is 12.0 Å². The van der Waals surface area contributed by atoms with Gasteiger partial charge in [0.05, 0.1) is 0 Å². The topological polar surface area (TPSA) is 78.4 Å². The lowest BCUT2D eigenvalue weighted by Gasteiger charge is -2.28. The minimum atomic E-state index is -0.909. The van der Waals surface area contributed by atoms with Gasteiger partial charge in [-0.2, -0.15) is 0 Å². The van der Waals surface area contributed by atoms with Crippen molar-refractivity contribution < 1.29 is 14.7 Å². The minimum absolute atomic E-state index is 0.0811. The number of urea groups is 1. The summed E-state index contributed by atoms with van der Waals surface area (Å²) >= 11 is 0. The van der Waals surface area contributed by atoms with E-state index in [-0.39, 0.29) is 18.0 Å². The second kappa shape index (κ2) is 6.95. The van der Waals surface area contributed by atoms with Gasteiger partial charge in [0, 0.05) is 6.04 Å². The monoisotopic (exact) mass is 282 g/mol. The van der Waals surface area contributed by atoms with Crippen LogP contribution in [0.15, 0.2) is 0 Å². The molecule has 0 aromatic rings. The van der Waals surface area contributed by atoms with Crippen molar-refractivity contribution in [2.75, 3.05) is 0 Å². The predicted octanol–water partition coefficient (Wildman–Crippen LogP) is 2.51. The van der Waals surface area contributed by atoms with Gasteiger partial charge in [-0.15, -0.1) is 0 Å². The van der Waals surface area contributed by atoms with Crippen LogP contribution in [0.3, 0.4) is 0 Å². The van der Waals surface area contributed by atoms with Gasteiger partial charge in [-0.3, -0.25) is 0 Å². The van der Waals surface area contributed by atoms with Gasteiger partial charge in [0.2, 0.25) is 0 Å². The number of nitrogens with one attached hydrogen (secondary N) is 2. The van der Waals surface area contributed by atoms with Gasteiger partial charge < -0.3 is 15.7 Å². The fraction of sp³-hybridized carbons (Fsp3) is 0.867. The molecule has 2 rings (SSSR count). The molecule has 114 valence electrons. The second-order valence-electron chi connectivity index (χ2n) is 6.22. The summed E-state index contributed by atoms with van der Waals surface area (Å²) in [7, 11) is 0. The molecule has 2 fully saturated rings. The average molecular weight is 282 g/mol. The van der Waals surface area contributed by atoms with Crippen molar-refractivity contribution in [1.82, 2.24) is 10.6 Å². The Hall–Kier alpha value is -1.26. The first-order valence-corrected chi connectivity index (χ1v) is 7.91. The van der Waals surface area contributed by atoms with E-state index >= 15 is 0 Å². The number of hydrogen-bond donors (Lipinski definition) is 3. The van der Waals surface area contributed by atoms with Gasteiger partial charge in [-0.05, 0) is 37.5 Å². The summed E-state index contributed by atoms with van der Waals surface area (Å²) in [6.07, 6.45) is 8.41. The maximum atomic E-state index is 11.9. The maximum absolute atomic E-state index is 11.9. The predicted molar refractivity (Wildman–Crippen MR) is 76.5 cm³/mol. The van der Waals surface area contributed by atoms with Crippen LogP contribution in [0.5, 0.6) is 0 Å². The zero-order valence-corrected chi connectivity index (χ0v) is 12.2. The molecule has 2 aliphatic rings. The number of rotatable bonds is 6. The summed E-state index contributed by atoms with van der Waals surface area (Å²) in [6, 6.07) is -0.805. The molecule has 3 unspecified atom stereocenters. The quantitative estimate of drug-likeness (QED) is 0.700. The van der Waals surface area contributed by atoms with Gasteiger partial charge in [0.1, 0.15) is 6.04 Å². The van der Waals surface area contributed by atoms with E-state index in [0.717, 1.165) is 44.9 Å². The molecule has 2 aliphatic carbocycles. The first-order chi connectivity index (χ1) is 9.61. The van der Waals surface area contributed by atoms with Crippen molar-refractivity contribution in [2.45, 2.75) is 70.4 Å². The molecule has 5 heteroatoms. The van der Waals surface area contributed by atoms with Gasteiger partial charge in [0.15, 0.2) is 0 Å². The Labute approximate surface area is 120 Å². The van der Waals surface area contributed by atoms with E-state index in [9.17, 15) is 14.7 Å². The molecular weight excluding hydrogens is 256 g/mol. The third-order valence-electron chi connectivity index (χ3n) is 4.57. The van der Waals surface area contributed by atoms with Crippen LogP contribution in [0.25, 0.3) is 0 Å². The van der Waals surface area contributed by atoms with E-state index in [1.54, 1.807) is 0 Å². The van der Waals surface area contributed by atoms with Crippen LogP contribution in [0.4, 0.5) is 4.79 Å². The molecule has 0 spiro atoms. The number of carboxylic acids is 1. The number of aliphatic carboxylic acids is 1. The first kappa shape index (κ1) is 15.1. The highest BCUT2D eigenvalue weighted by atomic mass is 16.4. The van der Waals surface area contributed by atoms with Gasteiger partial charge in [-0.1, -0.05) is 32.6 Å². The number of amides is 2. The highest BCUT2D eigenvalue weighted by Gasteiger charge is 2.38. The summed E-state index contributed by atoms with van der Waals surface area (Å²) in [4.78, 5) is 23.3. The third kappa shape index (κ3) is 4.12. The molecule has 3 N–H and O–H groups in total. The van der Waals surface area contributed by atoms with Gasteiger partial charge in [-0.25, -0.2) is 9.59 Å². The Morgan fingerprint density at radius 1 is 1.25 bits per heavy atom. The normalized spacial score (nSPS) is 27.6. The smallest absolute Gasteiger partial charge is 0.326 e. The second-order valence-corrected chi connectivity index (χ2v) is 6.22. The number of carbonyl (C=O) groups is 2. The lowest BCUT2D eigenvalue weighted by atomic mass is 9.84. The molecule has 0 aliphatic heterocycles. The number of hydrogen-bond acceptors (Lipinski definition) is 2. The fourth-order valence-corrected chi connectivity index (χ4v) is 3.31. The standard InChI is InChI=1S/C15H26N2O3/c1-2-6-11-9-12(11)16-15(20)17-13(14(18)19)10-7-4-3-5-8-10/h10-13H,2-9H2,1H3,(H,18,19)(H2,16,17,20). The van der Waals surface area contributed by atoms with Crippen molar-refractivity contribution in [3.05, 3.63) is 0 Å². The van der Waals surface area contributed by atoms with E-state index in [2.05, 4.69) is 17.6 Å². The third-order valence-corrected chi connectivity index (χ3v) is 4.57. The van der Waals surface area contributed by atoms with Gasteiger partial charge in [0.25, 0.3) is 0 Å². The highest BCUT2D eigenvalue weighted by molar-refractivity contribution is 5.83. The van der Waals surface area contributed by atoms with Crippen LogP contribution in [0, 0.1) is 11.8 Å². The van der Waals surface area contributed by atoms with Crippen molar-refractivity contribution >= 4 is 12.0 Å². The summed E-state index contributed by atoms with van der Waals surface area (Å²) in [5.41, 5.74) is 0. The van der Waals surface area contributed by atoms with Crippen molar-refractivity contribution in [2.24, 2.45) is 11.8 Å². The van der Waals surface area contributed by atoms with Crippen LogP contribution < -0.4 is 10.6 Å². The molecule has 0 heterocycles. The molecule has 5 nitrogen and oxygen atoms in total. The maximum Gasteiger partial charge on any atom is 0.326 e. The molecule has 0 bridgehead atoms. The molecule has 3 atom stereocenters. The zero-order chi connectivity index (χ0) is 14.5. The van der Waals surface area contributed by atoms with Crippen molar-refractivity contribution in [1.29, 1.82) is 0 Å². The molecule has 0 aromatic heterocycles. The summed E-state index contributed by atoms with van der Waals surface area (Å²) in [6.45, 7) is 2.14. The van der Waals surface area contributed by atoms with Crippen LogP contribution in [0.2, 0.25) is 0 Å². The van der Waals surface area contributed by atoms with E-state index in [1.165, 1.54) is 6.42 Å². The SMILES string of the molecule is CCCC1CC1NC(=O)NC(C(=O)O)C1CCCCC1. The summed E-state index contributed by atoms with van der Waals surface area (Å²) < 4.78 is 0. The minimum Gasteiger partial charge on any atom is -0.480 e. The lowest BCUT2D eigenvalue weighted by molar-refractivity contribution is -0.141. The molecule has 2 amide bonds. The van der Waals surface area contributed by atoms with Gasteiger partial charge >= 0.3 is 12.0 Å². The van der Waals surface area contributed by atoms with Crippen molar-refractivity contribution in [3.8, 4) is 0 Å². The number of carbonyl (C=O) groups excluding carboxylic acids is 1. The Bertz CT molecular complexity index is 353. The Kier molecular flexibility index (Phi) is 5.26. The molecule has 0 radical (unpaired) electrons. The highest BCUT2D eigenvalue weighted by Crippen LogP contribution is 2.34. The molecule has 20 heavy (non-hydrogen) atoms. The fourth-order valence-electron chi connectivity index (χ4n) is 3.31. The number of carboxylic acid groups (broad SMARTS) is 1. The molecule has 0 saturated heterocycles. The summed E-state index contributed by atoms with van der Waals surface area (Å²) in [5.74, 6) is -0.241. The first-order valence-electron chi connectivity index (χ1n) is 7.91. The molecular formula is C15H26N2O3. The summed E-state index contributed by atoms with van der Waals surface area (Å²) in [5, 5.41) is 14.9. The van der Waals surface area contributed by atoms with Crippen LogP contribution in [-0.4, -0.2) is 29.2 Å². The van der Waals surface area contributed by atoms with E-state index in [1.807, 2.05) is 0 Å². The van der Waals surface area contributed by atoms with Crippen molar-refractivity contribution in [3.63, 3.8) is 0 Å². The Morgan fingerprint density at radius 3 is 2.55 bits per heavy atom. The largest absolute Gasteiger partial charge is 0.480 e.